The molecule has 2 heterocycles. The number of carbonyl (C=O) groups excluding carboxylic acids is 3. The number of hydrogen-bond acceptors (Lipinski definition) is 5. The lowest BCUT2D eigenvalue weighted by Gasteiger charge is -2.37. The first-order valence-corrected chi connectivity index (χ1v) is 9.55. The molecule has 2 fully saturated rings. The van der Waals surface area contributed by atoms with E-state index in [2.05, 4.69) is 0 Å². The predicted molar refractivity (Wildman–Crippen MR) is 93.8 cm³/mol. The quantitative estimate of drug-likeness (QED) is 0.777. The van der Waals surface area contributed by atoms with Gasteiger partial charge in [0.05, 0.1) is 0 Å². The van der Waals surface area contributed by atoms with Crippen molar-refractivity contribution in [2.45, 2.75) is 58.6 Å². The topological polar surface area (TPSA) is 66.9 Å². The molecule has 1 atom stereocenters. The van der Waals surface area contributed by atoms with Crippen LogP contribution in [0.15, 0.2) is 0 Å². The average molecular weight is 356 g/mol. The molecule has 0 spiro atoms. The lowest BCUT2D eigenvalue weighted by atomic mass is 10.0. The van der Waals surface area contributed by atoms with Crippen molar-refractivity contribution in [2.24, 2.45) is 5.92 Å². The summed E-state index contributed by atoms with van der Waals surface area (Å²) in [4.78, 5) is 39.1. The largest absolute Gasteiger partial charge is 0.444 e. The van der Waals surface area contributed by atoms with Gasteiger partial charge in [-0.25, -0.2) is 4.79 Å². The molecule has 0 aromatic carbocycles. The van der Waals surface area contributed by atoms with Crippen LogP contribution in [0.3, 0.4) is 0 Å². The first-order chi connectivity index (χ1) is 11.2. The minimum Gasteiger partial charge on any atom is -0.444 e. The minimum absolute atomic E-state index is 0.103. The molecule has 2 saturated heterocycles. The second-order valence-corrected chi connectivity index (χ2v) is 8.81. The summed E-state index contributed by atoms with van der Waals surface area (Å²) >= 11 is 1.30. The number of thioether (sulfide) groups is 1. The molecule has 136 valence electrons. The molecule has 0 aromatic heterocycles. The molecule has 0 radical (unpaired) electrons. The van der Waals surface area contributed by atoms with Crippen molar-refractivity contribution in [1.29, 1.82) is 0 Å². The van der Waals surface area contributed by atoms with Gasteiger partial charge in [-0.15, -0.1) is 0 Å². The zero-order valence-electron chi connectivity index (χ0n) is 15.0. The van der Waals surface area contributed by atoms with E-state index in [1.54, 1.807) is 11.8 Å². The Morgan fingerprint density at radius 2 is 1.88 bits per heavy atom. The summed E-state index contributed by atoms with van der Waals surface area (Å²) in [5.74, 6) is 1.16. The lowest BCUT2D eigenvalue weighted by Crippen LogP contribution is -2.48. The predicted octanol–water partition coefficient (Wildman–Crippen LogP) is 2.51. The fraction of sp³-hybridized carbons (Fsp3) is 0.824. The van der Waals surface area contributed by atoms with Crippen molar-refractivity contribution in [2.75, 3.05) is 25.4 Å². The molecule has 0 N–H and O–H groups in total. The summed E-state index contributed by atoms with van der Waals surface area (Å²) in [6.07, 6.45) is 1.84. The Morgan fingerprint density at radius 1 is 1.25 bits per heavy atom. The Labute approximate surface area is 148 Å². The first-order valence-electron chi connectivity index (χ1n) is 8.56. The maximum atomic E-state index is 12.3. The van der Waals surface area contributed by atoms with Crippen LogP contribution in [-0.4, -0.2) is 63.9 Å². The van der Waals surface area contributed by atoms with E-state index in [9.17, 15) is 14.4 Å². The molecule has 2 amide bonds. The van der Waals surface area contributed by atoms with Crippen molar-refractivity contribution in [3.05, 3.63) is 0 Å². The number of rotatable bonds is 3. The Hall–Kier alpha value is -1.24. The smallest absolute Gasteiger partial charge is 0.410 e. The van der Waals surface area contributed by atoms with Gasteiger partial charge in [-0.05, 0) is 39.5 Å². The van der Waals surface area contributed by atoms with Gasteiger partial charge in [0.2, 0.25) is 5.91 Å². The number of amides is 2. The molecule has 1 unspecified atom stereocenters. The summed E-state index contributed by atoms with van der Waals surface area (Å²) in [7, 11) is 0. The van der Waals surface area contributed by atoms with E-state index >= 15 is 0 Å². The molecule has 2 aliphatic rings. The van der Waals surface area contributed by atoms with Gasteiger partial charge in [0.15, 0.2) is 5.12 Å². The number of hydrogen-bond donors (Lipinski definition) is 0. The van der Waals surface area contributed by atoms with E-state index in [-0.39, 0.29) is 29.1 Å². The standard InChI is InChI=1S/C17H28N2O4S/c1-12(20)24-11-13-9-15(21)19(10-13)14-5-7-18(8-6-14)16(22)23-17(2,3)4/h13-14H,5-11H2,1-4H3. The number of piperidine rings is 1. The van der Waals surface area contributed by atoms with Gasteiger partial charge in [0.1, 0.15) is 5.60 Å². The van der Waals surface area contributed by atoms with Crippen LogP contribution in [0.25, 0.3) is 0 Å². The third-order valence-electron chi connectivity index (χ3n) is 4.32. The van der Waals surface area contributed by atoms with Gasteiger partial charge < -0.3 is 14.5 Å². The van der Waals surface area contributed by atoms with Crippen molar-refractivity contribution >= 4 is 28.9 Å². The van der Waals surface area contributed by atoms with E-state index in [4.69, 9.17) is 4.74 Å². The zero-order valence-corrected chi connectivity index (χ0v) is 15.9. The molecule has 0 aromatic rings. The van der Waals surface area contributed by atoms with E-state index < -0.39 is 5.60 Å². The molecule has 24 heavy (non-hydrogen) atoms. The third-order valence-corrected chi connectivity index (χ3v) is 5.36. The Bertz CT molecular complexity index is 495. The maximum Gasteiger partial charge on any atom is 0.410 e. The molecule has 0 aliphatic carbocycles. The lowest BCUT2D eigenvalue weighted by molar-refractivity contribution is -0.130. The number of nitrogens with zero attached hydrogens (tertiary/aromatic N) is 2. The second kappa shape index (κ2) is 7.76. The summed E-state index contributed by atoms with van der Waals surface area (Å²) in [6.45, 7) is 9.12. The minimum atomic E-state index is -0.486. The molecule has 0 bridgehead atoms. The van der Waals surface area contributed by atoms with Crippen LogP contribution < -0.4 is 0 Å². The molecule has 2 rings (SSSR count). The summed E-state index contributed by atoms with van der Waals surface area (Å²) in [6, 6.07) is 0.198. The van der Waals surface area contributed by atoms with Gasteiger partial charge in [0, 0.05) is 44.8 Å². The Morgan fingerprint density at radius 3 is 2.42 bits per heavy atom. The van der Waals surface area contributed by atoms with Crippen molar-refractivity contribution < 1.29 is 19.1 Å². The van der Waals surface area contributed by atoms with Crippen LogP contribution in [0.4, 0.5) is 4.79 Å². The van der Waals surface area contributed by atoms with Crippen LogP contribution in [0, 0.1) is 5.92 Å². The first kappa shape index (κ1) is 19.1. The monoisotopic (exact) mass is 356 g/mol. The van der Waals surface area contributed by atoms with Crippen LogP contribution >= 0.6 is 11.8 Å². The van der Waals surface area contributed by atoms with Crippen LogP contribution in [0.5, 0.6) is 0 Å². The van der Waals surface area contributed by atoms with Gasteiger partial charge in [-0.2, -0.15) is 0 Å². The molecular weight excluding hydrogens is 328 g/mol. The van der Waals surface area contributed by atoms with E-state index in [0.717, 1.165) is 19.4 Å². The summed E-state index contributed by atoms with van der Waals surface area (Å²) < 4.78 is 5.40. The molecule has 6 nitrogen and oxygen atoms in total. The summed E-state index contributed by atoms with van der Waals surface area (Å²) in [5, 5.41) is 0.103. The van der Waals surface area contributed by atoms with Gasteiger partial charge in [0.25, 0.3) is 0 Å². The Balaban J connectivity index is 1.81. The molecular formula is C17H28N2O4S. The average Bonchev–Trinajstić information content (AvgIpc) is 2.84. The van der Waals surface area contributed by atoms with E-state index in [0.29, 0.717) is 25.3 Å². The highest BCUT2D eigenvalue weighted by atomic mass is 32.2. The number of ether oxygens (including phenoxy) is 1. The van der Waals surface area contributed by atoms with Crippen LogP contribution in [0.2, 0.25) is 0 Å². The molecule has 0 saturated carbocycles. The Kier molecular flexibility index (Phi) is 6.17. The van der Waals surface area contributed by atoms with E-state index in [1.807, 2.05) is 25.7 Å². The normalized spacial score (nSPS) is 22.8. The highest BCUT2D eigenvalue weighted by Crippen LogP contribution is 2.28. The third kappa shape index (κ3) is 5.40. The zero-order chi connectivity index (χ0) is 17.9. The maximum absolute atomic E-state index is 12.3. The van der Waals surface area contributed by atoms with E-state index in [1.165, 1.54) is 11.8 Å². The van der Waals surface area contributed by atoms with Gasteiger partial charge in [-0.1, -0.05) is 11.8 Å². The van der Waals surface area contributed by atoms with Crippen LogP contribution in [-0.2, 0) is 14.3 Å². The summed E-state index contributed by atoms with van der Waals surface area (Å²) in [5.41, 5.74) is -0.486. The van der Waals surface area contributed by atoms with Gasteiger partial charge >= 0.3 is 6.09 Å². The van der Waals surface area contributed by atoms with Crippen molar-refractivity contribution in [3.63, 3.8) is 0 Å². The van der Waals surface area contributed by atoms with Crippen molar-refractivity contribution in [1.82, 2.24) is 9.80 Å². The number of carbonyl (C=O) groups is 3. The highest BCUT2D eigenvalue weighted by molar-refractivity contribution is 8.13. The SMILES string of the molecule is CC(=O)SCC1CC(=O)N(C2CCN(C(=O)OC(C)(C)C)CC2)C1. The second-order valence-electron chi connectivity index (χ2n) is 7.62. The van der Waals surface area contributed by atoms with Crippen molar-refractivity contribution in [3.8, 4) is 0 Å². The fourth-order valence-electron chi connectivity index (χ4n) is 3.19. The molecule has 7 heteroatoms. The number of likely N-dealkylation sites (tertiary alicyclic amines) is 2. The van der Waals surface area contributed by atoms with Crippen LogP contribution in [0.1, 0.15) is 47.0 Å². The fourth-order valence-corrected chi connectivity index (χ4v) is 3.89. The van der Waals surface area contributed by atoms with Gasteiger partial charge in [-0.3, -0.25) is 9.59 Å². The highest BCUT2D eigenvalue weighted by Gasteiger charge is 2.37. The molecule has 2 aliphatic heterocycles.